The first kappa shape index (κ1) is 78.8. The first-order chi connectivity index (χ1) is 42.9. The highest BCUT2D eigenvalue weighted by atomic mass is 16.6. The van der Waals surface area contributed by atoms with Gasteiger partial charge in [-0.2, -0.15) is 0 Å². The van der Waals surface area contributed by atoms with Crippen LogP contribution in [0.1, 0.15) is 141 Å². The second kappa shape index (κ2) is 35.6. The zero-order chi connectivity index (χ0) is 70.0. The highest BCUT2D eigenvalue weighted by Crippen LogP contribution is 2.27. The van der Waals surface area contributed by atoms with Crippen molar-refractivity contribution < 1.29 is 71.7 Å². The van der Waals surface area contributed by atoms with E-state index < -0.39 is 167 Å². The van der Waals surface area contributed by atoms with Crippen molar-refractivity contribution in [3.05, 3.63) is 42.0 Å². The SMILES string of the molecule is CC[C@H](C)[C@H]1C(=O)N(C)[C@@H]([C@@H](C)CC)C(=O)NCC(=O)N(C)[C@@H](C(C)C)C(=O)N[C@@H](Cc2ccc(OC)cc2)C(=O)O[C@H](C)C(=O)N2CCCC[C@H]2C(=O)N(C)[C@@H](C(C)C)C(=O)N[C@@H](C(C)C)C(=O)N(C)[C@H](CN(C)C(C=O)C/C=C/C(=O)OC(C)(C)C)C(=O)N1C. The predicted molar refractivity (Wildman–Crippen MR) is 347 cm³/mol. The van der Waals surface area contributed by atoms with Crippen LogP contribution in [-0.2, 0) is 73.4 Å². The Balaban J connectivity index is 2.34. The highest BCUT2D eigenvalue weighted by molar-refractivity contribution is 5.99. The van der Waals surface area contributed by atoms with Crippen molar-refractivity contribution >= 4 is 71.4 Å². The fourth-order valence-corrected chi connectivity index (χ4v) is 11.9. The minimum Gasteiger partial charge on any atom is -0.497 e. The molecule has 25 nitrogen and oxygen atoms in total. The van der Waals surface area contributed by atoms with Gasteiger partial charge in [-0.1, -0.05) is 100 Å². The van der Waals surface area contributed by atoms with E-state index in [9.17, 15) is 43.2 Å². The summed E-state index contributed by atoms with van der Waals surface area (Å²) in [6.07, 6.45) is 3.66. The molecule has 0 aromatic heterocycles. The van der Waals surface area contributed by atoms with Crippen LogP contribution in [0.3, 0.4) is 0 Å². The fraction of sp³-hybridized carbons (Fsp3) is 0.701. The Kier molecular flexibility index (Phi) is 30.5. The summed E-state index contributed by atoms with van der Waals surface area (Å²) in [4.78, 5) is 183. The number of carbonyl (C=O) groups excluding carboxylic acids is 12. The van der Waals surface area contributed by atoms with E-state index >= 15 is 14.4 Å². The van der Waals surface area contributed by atoms with Gasteiger partial charge in [0.05, 0.1) is 19.7 Å². The van der Waals surface area contributed by atoms with Gasteiger partial charge in [0, 0.05) is 60.8 Å². The lowest BCUT2D eigenvalue weighted by Crippen LogP contribution is -2.64. The molecular formula is C67H108N10O15. The van der Waals surface area contributed by atoms with Crippen molar-refractivity contribution in [3.63, 3.8) is 0 Å². The molecule has 2 heterocycles. The molecule has 92 heavy (non-hydrogen) atoms. The number of aldehydes is 1. The molecule has 9 amide bonds. The second-order valence-electron chi connectivity index (χ2n) is 26.9. The third-order valence-corrected chi connectivity index (χ3v) is 17.7. The normalized spacial score (nSPS) is 25.4. The van der Waals surface area contributed by atoms with E-state index in [1.807, 2.05) is 13.8 Å². The summed E-state index contributed by atoms with van der Waals surface area (Å²) in [5, 5.41) is 8.36. The minimum atomic E-state index is -1.49. The average molecular weight is 1290 g/mol. The van der Waals surface area contributed by atoms with Crippen molar-refractivity contribution in [2.75, 3.05) is 69.0 Å². The van der Waals surface area contributed by atoms with Gasteiger partial charge in [-0.3, -0.25) is 48.1 Å². The lowest BCUT2D eigenvalue weighted by molar-refractivity contribution is -0.165. The molecule has 1 unspecified atom stereocenters. The van der Waals surface area contributed by atoms with Crippen LogP contribution in [0.25, 0.3) is 0 Å². The van der Waals surface area contributed by atoms with Gasteiger partial charge >= 0.3 is 11.9 Å². The summed E-state index contributed by atoms with van der Waals surface area (Å²) in [6.45, 7) is 23.1. The summed E-state index contributed by atoms with van der Waals surface area (Å²) in [6, 6.07) is -4.48. The van der Waals surface area contributed by atoms with Crippen LogP contribution in [0.4, 0.5) is 0 Å². The number of ether oxygens (including phenoxy) is 3. The second-order valence-corrected chi connectivity index (χ2v) is 26.9. The van der Waals surface area contributed by atoms with Crippen molar-refractivity contribution in [1.29, 1.82) is 0 Å². The molecular weight excluding hydrogens is 1180 g/mol. The number of esters is 2. The lowest BCUT2D eigenvalue weighted by Gasteiger charge is -2.42. The van der Waals surface area contributed by atoms with E-state index in [0.29, 0.717) is 43.3 Å². The Labute approximate surface area is 545 Å². The summed E-state index contributed by atoms with van der Waals surface area (Å²) < 4.78 is 16.6. The van der Waals surface area contributed by atoms with Crippen LogP contribution in [0.2, 0.25) is 0 Å². The maximum Gasteiger partial charge on any atom is 0.330 e. The number of nitrogens with zero attached hydrogens (tertiary/aromatic N) is 7. The van der Waals surface area contributed by atoms with Gasteiger partial charge in [0.2, 0.25) is 47.3 Å². The molecule has 0 spiro atoms. The number of cyclic esters (lactones) is 1. The van der Waals surface area contributed by atoms with Crippen LogP contribution < -0.4 is 20.7 Å². The van der Waals surface area contributed by atoms with Crippen molar-refractivity contribution in [3.8, 4) is 5.75 Å². The van der Waals surface area contributed by atoms with E-state index in [4.69, 9.17) is 14.2 Å². The van der Waals surface area contributed by atoms with Gasteiger partial charge in [-0.05, 0) is 108 Å². The molecule has 2 fully saturated rings. The highest BCUT2D eigenvalue weighted by Gasteiger charge is 2.46. The Morgan fingerprint density at radius 2 is 1.23 bits per heavy atom. The third-order valence-electron chi connectivity index (χ3n) is 17.7. The Morgan fingerprint density at radius 3 is 1.76 bits per heavy atom. The number of benzene rings is 1. The molecule has 25 heteroatoms. The van der Waals surface area contributed by atoms with E-state index in [1.165, 1.54) is 85.9 Å². The van der Waals surface area contributed by atoms with Crippen molar-refractivity contribution in [2.24, 2.45) is 29.6 Å². The minimum absolute atomic E-state index is 0.0136. The van der Waals surface area contributed by atoms with Gasteiger partial charge in [-0.15, -0.1) is 0 Å². The number of hydrogen-bond acceptors (Lipinski definition) is 16. The van der Waals surface area contributed by atoms with Crippen molar-refractivity contribution in [1.82, 2.24) is 50.2 Å². The number of likely N-dealkylation sites (N-methyl/N-ethyl adjacent to an activating group) is 6. The summed E-state index contributed by atoms with van der Waals surface area (Å²) in [5.41, 5.74) is -0.208. The molecule has 0 bridgehead atoms. The molecule has 0 radical (unpaired) electrons. The van der Waals surface area contributed by atoms with E-state index in [1.54, 1.807) is 107 Å². The van der Waals surface area contributed by atoms with E-state index in [-0.39, 0.29) is 32.4 Å². The quantitative estimate of drug-likeness (QED) is 0.114. The standard InChI is InChI=1S/C67H108N10O15/c1-22-42(9)56-58(81)68-36-51(79)73(17)54(40(5)6)59(82)69-48(35-45-30-32-47(90-21)33-31-45)66(89)91-44(11)61(84)77-34-25-24-28-49(77)62(85)74(18)55(41(7)8)60(83)70-53(39(3)4)64(87)72(16)50(63(86)76(20)57(43(10)23-2)65(88)75(56)19)37-71(15)46(38-78)27-26-29-52(80)92-67(12,13)14/h26,29-33,38-44,46,48-50,53-57H,22-25,27-28,34-37H2,1-21H3,(H,68,81)(H,69,82)(H,70,83)/b29-26+/t42-,43-,44+,46?,48-,49-,50+,53-,54-,55-,56-,57-/m0/s1. The Hall–Kier alpha value is -7.44. The number of nitrogens with one attached hydrogen (secondary N) is 3. The average Bonchev–Trinajstić information content (AvgIpc) is 0.895. The van der Waals surface area contributed by atoms with Crippen LogP contribution in [0.5, 0.6) is 5.75 Å². The van der Waals surface area contributed by atoms with E-state index in [2.05, 4.69) is 16.0 Å². The van der Waals surface area contributed by atoms with Crippen LogP contribution in [0.15, 0.2) is 36.4 Å². The number of piperidine rings is 1. The Bertz CT molecular complexity index is 2770. The topological polar surface area (TPSA) is 291 Å². The van der Waals surface area contributed by atoms with Gasteiger partial charge in [0.15, 0.2) is 6.10 Å². The molecule has 2 aliphatic rings. The number of carbonyl (C=O) groups is 12. The third kappa shape index (κ3) is 21.0. The molecule has 1 aromatic carbocycles. The summed E-state index contributed by atoms with van der Waals surface area (Å²) in [5.74, 6) is -10.2. The molecule has 0 aliphatic carbocycles. The van der Waals surface area contributed by atoms with Gasteiger partial charge in [0.1, 0.15) is 66.0 Å². The molecule has 3 N–H and O–H groups in total. The largest absolute Gasteiger partial charge is 0.497 e. The van der Waals surface area contributed by atoms with Crippen LogP contribution in [0, 0.1) is 29.6 Å². The number of rotatable bonds is 17. The van der Waals surface area contributed by atoms with Crippen LogP contribution in [-0.4, -0.2) is 241 Å². The zero-order valence-electron chi connectivity index (χ0n) is 58.5. The number of fused-ring (bicyclic) bond motifs is 1. The molecule has 516 valence electrons. The first-order valence-corrected chi connectivity index (χ1v) is 32.3. The lowest BCUT2D eigenvalue weighted by atomic mass is 9.92. The predicted octanol–water partition coefficient (Wildman–Crippen LogP) is 3.63. The van der Waals surface area contributed by atoms with Crippen LogP contribution >= 0.6 is 0 Å². The van der Waals surface area contributed by atoms with Crippen molar-refractivity contribution in [2.45, 2.75) is 208 Å². The summed E-state index contributed by atoms with van der Waals surface area (Å²) in [7, 11) is 10.1. The monoisotopic (exact) mass is 1290 g/mol. The van der Waals surface area contributed by atoms with Gasteiger partial charge < -0.3 is 64.4 Å². The molecule has 2 saturated heterocycles. The van der Waals surface area contributed by atoms with Gasteiger partial charge in [0.25, 0.3) is 5.91 Å². The number of hydrogen-bond donors (Lipinski definition) is 3. The fourth-order valence-electron chi connectivity index (χ4n) is 11.9. The molecule has 2 aliphatic heterocycles. The smallest absolute Gasteiger partial charge is 0.330 e. The maximum absolute atomic E-state index is 15.6. The zero-order valence-corrected chi connectivity index (χ0v) is 58.5. The molecule has 12 atom stereocenters. The molecule has 3 rings (SSSR count). The van der Waals surface area contributed by atoms with Gasteiger partial charge in [-0.25, -0.2) is 9.59 Å². The first-order valence-electron chi connectivity index (χ1n) is 32.3. The number of amides is 9. The molecule has 1 aromatic rings. The number of methoxy groups -OCH3 is 1. The molecule has 0 saturated carbocycles. The Morgan fingerprint density at radius 1 is 0.685 bits per heavy atom. The van der Waals surface area contributed by atoms with E-state index in [0.717, 1.165) is 9.80 Å². The maximum atomic E-state index is 15.6. The summed E-state index contributed by atoms with van der Waals surface area (Å²) >= 11 is 0.